The lowest BCUT2D eigenvalue weighted by atomic mass is 10.2. The quantitative estimate of drug-likeness (QED) is 0.503. The number of carbonyl (C=O) groups is 1. The molecule has 1 aliphatic carbocycles. The molecule has 1 aromatic heterocycles. The fraction of sp³-hybridized carbons (Fsp3) is 0.389. The highest BCUT2D eigenvalue weighted by atomic mass is 35.5. The molecule has 3 rings (SSSR count). The summed E-state index contributed by atoms with van der Waals surface area (Å²) in [5, 5.41) is 12.5. The molecule has 144 valence electrons. The molecule has 0 atom stereocenters. The van der Waals surface area contributed by atoms with Gasteiger partial charge >= 0.3 is 0 Å². The maximum absolute atomic E-state index is 12.4. The zero-order valence-electron chi connectivity index (χ0n) is 15.2. The van der Waals surface area contributed by atoms with E-state index in [1.807, 2.05) is 10.6 Å². The SMILES string of the molecule is C=CCn1c(SCC(=O)Nc2cc(OC)c(Cl)cc2OC)nnc1C1CC1. The molecular formula is C18H21ClN4O3S. The zero-order valence-corrected chi connectivity index (χ0v) is 16.8. The molecule has 0 saturated heterocycles. The molecule has 27 heavy (non-hydrogen) atoms. The second-order valence-electron chi connectivity index (χ2n) is 6.04. The topological polar surface area (TPSA) is 78.3 Å². The lowest BCUT2D eigenvalue weighted by Crippen LogP contribution is -2.15. The van der Waals surface area contributed by atoms with Crippen molar-refractivity contribution < 1.29 is 14.3 Å². The number of thioether (sulfide) groups is 1. The van der Waals surface area contributed by atoms with E-state index in [-0.39, 0.29) is 11.7 Å². The molecule has 0 unspecified atom stereocenters. The predicted octanol–water partition coefficient (Wildman–Crippen LogP) is 3.74. The number of amides is 1. The fourth-order valence-electron chi connectivity index (χ4n) is 2.63. The lowest BCUT2D eigenvalue weighted by molar-refractivity contribution is -0.113. The highest BCUT2D eigenvalue weighted by Crippen LogP contribution is 2.40. The molecule has 1 heterocycles. The minimum Gasteiger partial charge on any atom is -0.495 e. The van der Waals surface area contributed by atoms with E-state index < -0.39 is 0 Å². The number of halogens is 1. The number of nitrogens with zero attached hydrogens (tertiary/aromatic N) is 3. The molecule has 0 bridgehead atoms. The van der Waals surface area contributed by atoms with E-state index in [2.05, 4.69) is 22.1 Å². The molecule has 1 aromatic carbocycles. The molecule has 1 aliphatic rings. The van der Waals surface area contributed by atoms with Crippen LogP contribution in [0.1, 0.15) is 24.6 Å². The second kappa shape index (κ2) is 8.67. The van der Waals surface area contributed by atoms with Gasteiger partial charge in [0.25, 0.3) is 0 Å². The summed E-state index contributed by atoms with van der Waals surface area (Å²) >= 11 is 7.43. The van der Waals surface area contributed by atoms with Crippen molar-refractivity contribution in [3.05, 3.63) is 35.6 Å². The van der Waals surface area contributed by atoms with Gasteiger partial charge in [0.15, 0.2) is 5.16 Å². The van der Waals surface area contributed by atoms with E-state index in [0.29, 0.717) is 39.8 Å². The van der Waals surface area contributed by atoms with E-state index in [4.69, 9.17) is 21.1 Å². The summed E-state index contributed by atoms with van der Waals surface area (Å²) in [5.74, 6) is 2.37. The molecule has 1 fully saturated rings. The Labute approximate surface area is 167 Å². The summed E-state index contributed by atoms with van der Waals surface area (Å²) in [6.45, 7) is 4.42. The van der Waals surface area contributed by atoms with Crippen molar-refractivity contribution in [2.45, 2.75) is 30.5 Å². The standard InChI is InChI=1S/C18H21ClN4O3S/c1-4-7-23-17(11-5-6-11)21-22-18(23)27-10-16(24)20-13-9-14(25-2)12(19)8-15(13)26-3/h4,8-9,11H,1,5-7,10H2,2-3H3,(H,20,24). The summed E-state index contributed by atoms with van der Waals surface area (Å²) in [5.41, 5.74) is 0.496. The van der Waals surface area contributed by atoms with Crippen LogP contribution in [0.5, 0.6) is 11.5 Å². The van der Waals surface area contributed by atoms with Crippen LogP contribution in [0.2, 0.25) is 5.02 Å². The first kappa shape index (κ1) is 19.6. The predicted molar refractivity (Wildman–Crippen MR) is 106 cm³/mol. The first-order valence-corrected chi connectivity index (χ1v) is 9.81. The Balaban J connectivity index is 1.68. The number of allylic oxidation sites excluding steroid dienone is 1. The third-order valence-electron chi connectivity index (χ3n) is 4.08. The van der Waals surface area contributed by atoms with Crippen LogP contribution in [0.15, 0.2) is 29.9 Å². The molecule has 0 radical (unpaired) electrons. The number of hydrogen-bond donors (Lipinski definition) is 1. The Morgan fingerprint density at radius 2 is 2.11 bits per heavy atom. The lowest BCUT2D eigenvalue weighted by Gasteiger charge is -2.13. The average molecular weight is 409 g/mol. The fourth-order valence-corrected chi connectivity index (χ4v) is 3.61. The largest absolute Gasteiger partial charge is 0.495 e. The van der Waals surface area contributed by atoms with Gasteiger partial charge in [0.2, 0.25) is 5.91 Å². The van der Waals surface area contributed by atoms with Gasteiger partial charge in [0.1, 0.15) is 17.3 Å². The molecule has 1 saturated carbocycles. The monoisotopic (exact) mass is 408 g/mol. The first-order valence-electron chi connectivity index (χ1n) is 8.45. The number of hydrogen-bond acceptors (Lipinski definition) is 6. The number of nitrogens with one attached hydrogen (secondary N) is 1. The van der Waals surface area contributed by atoms with Gasteiger partial charge in [-0.05, 0) is 12.8 Å². The van der Waals surface area contributed by atoms with Gasteiger partial charge in [0, 0.05) is 24.6 Å². The summed E-state index contributed by atoms with van der Waals surface area (Å²) in [4.78, 5) is 12.4. The molecule has 2 aromatic rings. The first-order chi connectivity index (χ1) is 13.1. The van der Waals surface area contributed by atoms with E-state index >= 15 is 0 Å². The maximum atomic E-state index is 12.4. The van der Waals surface area contributed by atoms with Crippen molar-refractivity contribution in [1.29, 1.82) is 0 Å². The van der Waals surface area contributed by atoms with E-state index in [1.54, 1.807) is 12.1 Å². The number of carbonyl (C=O) groups excluding carboxylic acids is 1. The van der Waals surface area contributed by atoms with Gasteiger partial charge in [-0.15, -0.1) is 16.8 Å². The molecule has 0 spiro atoms. The Morgan fingerprint density at radius 3 is 2.74 bits per heavy atom. The zero-order chi connectivity index (χ0) is 19.4. The number of anilines is 1. The number of benzene rings is 1. The van der Waals surface area contributed by atoms with Crippen molar-refractivity contribution in [1.82, 2.24) is 14.8 Å². The Morgan fingerprint density at radius 1 is 1.37 bits per heavy atom. The number of methoxy groups -OCH3 is 2. The highest BCUT2D eigenvalue weighted by molar-refractivity contribution is 7.99. The molecular weight excluding hydrogens is 388 g/mol. The van der Waals surface area contributed by atoms with Gasteiger partial charge in [-0.3, -0.25) is 4.79 Å². The summed E-state index contributed by atoms with van der Waals surface area (Å²) in [7, 11) is 3.03. The van der Waals surface area contributed by atoms with Crippen molar-refractivity contribution in [2.75, 3.05) is 25.3 Å². The average Bonchev–Trinajstić information content (AvgIpc) is 3.43. The second-order valence-corrected chi connectivity index (χ2v) is 7.39. The molecule has 7 nitrogen and oxygen atoms in total. The molecule has 9 heteroatoms. The van der Waals surface area contributed by atoms with Crippen LogP contribution in [-0.4, -0.2) is 40.6 Å². The number of aromatic nitrogens is 3. The Bertz CT molecular complexity index is 851. The van der Waals surface area contributed by atoms with Gasteiger partial charge in [0.05, 0.1) is 30.7 Å². The normalized spacial score (nSPS) is 13.3. The van der Waals surface area contributed by atoms with Crippen LogP contribution in [0.3, 0.4) is 0 Å². The van der Waals surface area contributed by atoms with Gasteiger partial charge in [-0.2, -0.15) is 0 Å². The third-order valence-corrected chi connectivity index (χ3v) is 5.34. The minimum absolute atomic E-state index is 0.189. The van der Waals surface area contributed by atoms with Crippen molar-refractivity contribution >= 4 is 35.0 Å². The smallest absolute Gasteiger partial charge is 0.234 e. The third kappa shape index (κ3) is 4.56. The summed E-state index contributed by atoms with van der Waals surface area (Å²) in [6, 6.07) is 3.24. The van der Waals surface area contributed by atoms with Crippen LogP contribution in [0, 0.1) is 0 Å². The van der Waals surface area contributed by atoms with E-state index in [1.165, 1.54) is 26.0 Å². The van der Waals surface area contributed by atoms with Gasteiger partial charge in [-0.25, -0.2) is 0 Å². The molecule has 1 amide bonds. The Hall–Kier alpha value is -2.19. The van der Waals surface area contributed by atoms with Crippen molar-refractivity contribution in [2.24, 2.45) is 0 Å². The van der Waals surface area contributed by atoms with E-state index in [9.17, 15) is 4.79 Å². The van der Waals surface area contributed by atoms with Crippen molar-refractivity contribution in [3.63, 3.8) is 0 Å². The van der Waals surface area contributed by atoms with Gasteiger partial charge < -0.3 is 19.4 Å². The number of rotatable bonds is 9. The van der Waals surface area contributed by atoms with E-state index in [0.717, 1.165) is 18.7 Å². The molecule has 0 aliphatic heterocycles. The van der Waals surface area contributed by atoms with Crippen LogP contribution in [-0.2, 0) is 11.3 Å². The summed E-state index contributed by atoms with van der Waals surface area (Å²) in [6.07, 6.45) is 4.08. The maximum Gasteiger partial charge on any atom is 0.234 e. The Kier molecular flexibility index (Phi) is 6.28. The molecule has 1 N–H and O–H groups in total. The van der Waals surface area contributed by atoms with Crippen LogP contribution >= 0.6 is 23.4 Å². The van der Waals surface area contributed by atoms with Crippen LogP contribution in [0.4, 0.5) is 5.69 Å². The van der Waals surface area contributed by atoms with Crippen LogP contribution in [0.25, 0.3) is 0 Å². The summed E-state index contributed by atoms with van der Waals surface area (Å²) < 4.78 is 12.5. The van der Waals surface area contributed by atoms with Crippen molar-refractivity contribution in [3.8, 4) is 11.5 Å². The minimum atomic E-state index is -0.191. The number of ether oxygens (including phenoxy) is 2. The van der Waals surface area contributed by atoms with Crippen LogP contribution < -0.4 is 14.8 Å². The van der Waals surface area contributed by atoms with Gasteiger partial charge in [-0.1, -0.05) is 29.4 Å². The highest BCUT2D eigenvalue weighted by Gasteiger charge is 2.30.